The Morgan fingerprint density at radius 1 is 1.17 bits per heavy atom. The lowest BCUT2D eigenvalue weighted by Crippen LogP contribution is -2.33. The Hall–Kier alpha value is -2.18. The molecule has 1 aromatic carbocycles. The maximum atomic E-state index is 12.3. The highest BCUT2D eigenvalue weighted by atomic mass is 32.1. The number of carbonyl (C=O) groups is 2. The minimum Gasteiger partial charge on any atom is -0.396 e. The summed E-state index contributed by atoms with van der Waals surface area (Å²) in [6, 6.07) is 8.96. The number of aryl methyl sites for hydroxylation is 1. The monoisotopic (exact) mass is 346 g/mol. The molecule has 1 aromatic heterocycles. The average molecular weight is 346 g/mol. The molecule has 0 radical (unpaired) electrons. The third kappa shape index (κ3) is 4.66. The van der Waals surface area contributed by atoms with Gasteiger partial charge in [0.2, 0.25) is 0 Å². The molecule has 0 aliphatic rings. The number of hydrogen-bond donors (Lipinski definition) is 3. The molecule has 2 aromatic rings. The lowest BCUT2D eigenvalue weighted by Gasteiger charge is -2.13. The van der Waals surface area contributed by atoms with E-state index < -0.39 is 0 Å². The van der Waals surface area contributed by atoms with Gasteiger partial charge in [-0.3, -0.25) is 9.59 Å². The van der Waals surface area contributed by atoms with E-state index in [9.17, 15) is 9.59 Å². The summed E-state index contributed by atoms with van der Waals surface area (Å²) >= 11 is 1.31. The minimum absolute atomic E-state index is 0.0163. The summed E-state index contributed by atoms with van der Waals surface area (Å²) in [5.74, 6) is -0.494. The molecule has 0 fully saturated rings. The van der Waals surface area contributed by atoms with Gasteiger partial charge in [-0.25, -0.2) is 0 Å². The van der Waals surface area contributed by atoms with Crippen LogP contribution in [0.2, 0.25) is 0 Å². The van der Waals surface area contributed by atoms with Gasteiger partial charge in [-0.05, 0) is 48.9 Å². The fraction of sp³-hybridized carbons (Fsp3) is 0.333. The van der Waals surface area contributed by atoms with Gasteiger partial charge in [0.1, 0.15) is 5.00 Å². The Morgan fingerprint density at radius 3 is 2.50 bits per heavy atom. The molecule has 5 nitrogen and oxygen atoms in total. The second-order valence-corrected chi connectivity index (χ2v) is 6.47. The number of nitrogens with one attached hydrogen (secondary N) is 2. The Bertz CT molecular complexity index is 695. The highest BCUT2D eigenvalue weighted by Gasteiger charge is 2.17. The maximum Gasteiger partial charge on any atom is 0.256 e. The largest absolute Gasteiger partial charge is 0.396 e. The van der Waals surface area contributed by atoms with Crippen LogP contribution in [0.3, 0.4) is 0 Å². The van der Waals surface area contributed by atoms with E-state index in [1.165, 1.54) is 16.9 Å². The lowest BCUT2D eigenvalue weighted by atomic mass is 10.1. The molecular weight excluding hydrogens is 324 g/mol. The van der Waals surface area contributed by atoms with Crippen LogP contribution in [0, 0.1) is 0 Å². The van der Waals surface area contributed by atoms with Gasteiger partial charge in [0.15, 0.2) is 0 Å². The van der Waals surface area contributed by atoms with Crippen LogP contribution >= 0.6 is 11.3 Å². The van der Waals surface area contributed by atoms with Crippen molar-refractivity contribution in [3.8, 4) is 0 Å². The molecule has 1 heterocycles. The molecule has 128 valence electrons. The first kappa shape index (κ1) is 18.2. The molecular formula is C18H22N2O3S. The molecule has 0 bridgehead atoms. The van der Waals surface area contributed by atoms with Crippen LogP contribution in [0.4, 0.5) is 5.00 Å². The van der Waals surface area contributed by atoms with Crippen LogP contribution in [0.15, 0.2) is 35.7 Å². The molecule has 24 heavy (non-hydrogen) atoms. The van der Waals surface area contributed by atoms with Crippen LogP contribution in [-0.4, -0.2) is 29.6 Å². The predicted molar refractivity (Wildman–Crippen MR) is 96.7 cm³/mol. The first-order valence-corrected chi connectivity index (χ1v) is 8.82. The quantitative estimate of drug-likeness (QED) is 0.721. The number of amides is 2. The Kier molecular flexibility index (Phi) is 6.52. The van der Waals surface area contributed by atoms with Gasteiger partial charge in [-0.15, -0.1) is 11.3 Å². The molecule has 0 aliphatic carbocycles. The lowest BCUT2D eigenvalue weighted by molar-refractivity contribution is 0.0935. The van der Waals surface area contributed by atoms with Crippen molar-refractivity contribution >= 4 is 28.2 Å². The third-order valence-electron chi connectivity index (χ3n) is 3.70. The van der Waals surface area contributed by atoms with Crippen molar-refractivity contribution in [3.63, 3.8) is 0 Å². The van der Waals surface area contributed by atoms with Crippen LogP contribution in [-0.2, 0) is 6.42 Å². The van der Waals surface area contributed by atoms with Crippen molar-refractivity contribution < 1.29 is 14.7 Å². The van der Waals surface area contributed by atoms with Crippen LogP contribution in [0.1, 0.15) is 46.5 Å². The molecule has 0 aliphatic heterocycles. The maximum absolute atomic E-state index is 12.3. The number of hydrogen-bond acceptors (Lipinski definition) is 4. The number of anilines is 1. The Balaban J connectivity index is 2.06. The average Bonchev–Trinajstić information content (AvgIpc) is 3.03. The standard InChI is InChI=1S/C18H22N2O3S/c1-3-13-4-6-14(7-5-13)16(22)20-18-15(9-11-24-18)17(23)19-12(2)8-10-21/h4-7,9,11-12,21H,3,8,10H2,1-2H3,(H,19,23)(H,20,22). The Labute approximate surface area is 145 Å². The van der Waals surface area contributed by atoms with E-state index in [1.54, 1.807) is 23.6 Å². The van der Waals surface area contributed by atoms with Gasteiger partial charge in [0.25, 0.3) is 11.8 Å². The van der Waals surface area contributed by atoms with Crippen molar-refractivity contribution in [2.24, 2.45) is 0 Å². The number of aliphatic hydroxyl groups excluding tert-OH is 1. The normalized spacial score (nSPS) is 11.8. The summed E-state index contributed by atoms with van der Waals surface area (Å²) in [5, 5.41) is 16.8. The first-order valence-electron chi connectivity index (χ1n) is 7.94. The van der Waals surface area contributed by atoms with Gasteiger partial charge in [0.05, 0.1) is 5.56 Å². The van der Waals surface area contributed by atoms with Gasteiger partial charge in [0, 0.05) is 18.2 Å². The van der Waals surface area contributed by atoms with E-state index in [1.807, 2.05) is 19.1 Å². The molecule has 1 unspecified atom stereocenters. The van der Waals surface area contributed by atoms with E-state index in [0.29, 0.717) is 22.5 Å². The minimum atomic E-state index is -0.256. The molecule has 1 atom stereocenters. The van der Waals surface area contributed by atoms with Crippen LogP contribution in [0.25, 0.3) is 0 Å². The zero-order valence-electron chi connectivity index (χ0n) is 13.8. The number of carbonyl (C=O) groups excluding carboxylic acids is 2. The molecule has 2 rings (SSSR count). The van der Waals surface area contributed by atoms with Gasteiger partial charge in [-0.1, -0.05) is 19.1 Å². The zero-order chi connectivity index (χ0) is 17.5. The topological polar surface area (TPSA) is 78.4 Å². The van der Waals surface area contributed by atoms with Crippen molar-refractivity contribution in [1.29, 1.82) is 0 Å². The summed E-state index contributed by atoms with van der Waals surface area (Å²) in [7, 11) is 0. The number of rotatable bonds is 7. The zero-order valence-corrected chi connectivity index (χ0v) is 14.7. The fourth-order valence-electron chi connectivity index (χ4n) is 2.22. The molecule has 0 saturated heterocycles. The highest BCUT2D eigenvalue weighted by molar-refractivity contribution is 7.14. The number of benzene rings is 1. The van der Waals surface area contributed by atoms with Crippen molar-refractivity contribution in [2.75, 3.05) is 11.9 Å². The van der Waals surface area contributed by atoms with Gasteiger partial charge >= 0.3 is 0 Å². The number of thiophene rings is 1. The smallest absolute Gasteiger partial charge is 0.256 e. The summed E-state index contributed by atoms with van der Waals surface area (Å²) < 4.78 is 0. The second-order valence-electron chi connectivity index (χ2n) is 5.55. The SMILES string of the molecule is CCc1ccc(C(=O)Nc2sccc2C(=O)NC(C)CCO)cc1. The van der Waals surface area contributed by atoms with Crippen LogP contribution < -0.4 is 10.6 Å². The fourth-order valence-corrected chi connectivity index (χ4v) is 3.00. The highest BCUT2D eigenvalue weighted by Crippen LogP contribution is 2.24. The molecule has 0 saturated carbocycles. The molecule has 2 amide bonds. The molecule has 3 N–H and O–H groups in total. The van der Waals surface area contributed by atoms with E-state index in [4.69, 9.17) is 5.11 Å². The first-order chi connectivity index (χ1) is 11.5. The second kappa shape index (κ2) is 8.61. The van der Waals surface area contributed by atoms with E-state index in [2.05, 4.69) is 17.6 Å². The summed E-state index contributed by atoms with van der Waals surface area (Å²) in [6.45, 7) is 3.90. The predicted octanol–water partition coefficient (Wildman–Crippen LogP) is 3.06. The van der Waals surface area contributed by atoms with Gasteiger partial charge < -0.3 is 15.7 Å². The summed E-state index contributed by atoms with van der Waals surface area (Å²) in [6.07, 6.45) is 1.41. The Morgan fingerprint density at radius 2 is 1.88 bits per heavy atom. The van der Waals surface area contributed by atoms with E-state index >= 15 is 0 Å². The third-order valence-corrected chi connectivity index (χ3v) is 4.53. The van der Waals surface area contributed by atoms with Crippen molar-refractivity contribution in [1.82, 2.24) is 5.32 Å². The number of aliphatic hydroxyl groups is 1. The molecule has 6 heteroatoms. The molecule has 0 spiro atoms. The van der Waals surface area contributed by atoms with Crippen molar-refractivity contribution in [3.05, 3.63) is 52.4 Å². The summed E-state index contributed by atoms with van der Waals surface area (Å²) in [4.78, 5) is 24.6. The van der Waals surface area contributed by atoms with E-state index in [-0.39, 0.29) is 24.5 Å². The summed E-state index contributed by atoms with van der Waals surface area (Å²) in [5.41, 5.74) is 2.16. The van der Waals surface area contributed by atoms with Gasteiger partial charge in [-0.2, -0.15) is 0 Å². The van der Waals surface area contributed by atoms with E-state index in [0.717, 1.165) is 6.42 Å². The van der Waals surface area contributed by atoms with Crippen LogP contribution in [0.5, 0.6) is 0 Å². The van der Waals surface area contributed by atoms with Crippen molar-refractivity contribution in [2.45, 2.75) is 32.7 Å².